The first-order valence-electron chi connectivity index (χ1n) is 6.66. The second-order valence-corrected chi connectivity index (χ2v) is 6.28. The lowest BCUT2D eigenvalue weighted by Gasteiger charge is -2.28. The topological polar surface area (TPSA) is 41.5 Å². The van der Waals surface area contributed by atoms with Crippen molar-refractivity contribution in [2.75, 3.05) is 50.8 Å². The molecule has 1 atom stereocenters. The van der Waals surface area contributed by atoms with Crippen molar-refractivity contribution in [2.45, 2.75) is 13.3 Å². The number of hydrogen-bond donors (Lipinski definition) is 0. The van der Waals surface area contributed by atoms with Crippen LogP contribution in [0, 0.1) is 12.8 Å². The first kappa shape index (κ1) is 12.3. The molecule has 1 aromatic rings. The summed E-state index contributed by atoms with van der Waals surface area (Å²) in [5, 5.41) is 10.5. The number of ether oxygens (including phenoxy) is 1. The quantitative estimate of drug-likeness (QED) is 0.818. The third-order valence-corrected chi connectivity index (χ3v) is 4.59. The number of hydrogen-bond acceptors (Lipinski definition) is 6. The van der Waals surface area contributed by atoms with Crippen molar-refractivity contribution in [3.63, 3.8) is 0 Å². The van der Waals surface area contributed by atoms with Gasteiger partial charge in [0.15, 0.2) is 0 Å². The summed E-state index contributed by atoms with van der Waals surface area (Å²) in [6.45, 7) is 9.45. The molecule has 0 aliphatic carbocycles. The van der Waals surface area contributed by atoms with Crippen molar-refractivity contribution in [2.24, 2.45) is 5.92 Å². The van der Waals surface area contributed by atoms with Gasteiger partial charge in [-0.2, -0.15) is 0 Å². The van der Waals surface area contributed by atoms with Crippen molar-refractivity contribution in [3.05, 3.63) is 5.01 Å². The number of anilines is 1. The zero-order valence-electron chi connectivity index (χ0n) is 10.8. The molecule has 0 N–H and O–H groups in total. The van der Waals surface area contributed by atoms with E-state index < -0.39 is 0 Å². The largest absolute Gasteiger partial charge is 0.379 e. The van der Waals surface area contributed by atoms with E-state index in [0.717, 1.165) is 55.4 Å². The van der Waals surface area contributed by atoms with E-state index in [1.807, 2.05) is 6.92 Å². The molecule has 0 amide bonds. The lowest BCUT2D eigenvalue weighted by Crippen LogP contribution is -2.39. The van der Waals surface area contributed by atoms with Crippen LogP contribution >= 0.6 is 11.3 Å². The summed E-state index contributed by atoms with van der Waals surface area (Å²) in [5.74, 6) is 0.771. The lowest BCUT2D eigenvalue weighted by atomic mass is 10.1. The number of nitrogens with zero attached hydrogens (tertiary/aromatic N) is 4. The van der Waals surface area contributed by atoms with Gasteiger partial charge in [0.05, 0.1) is 13.2 Å². The molecule has 3 heterocycles. The Balaban J connectivity index is 1.51. The summed E-state index contributed by atoms with van der Waals surface area (Å²) in [6, 6.07) is 0. The van der Waals surface area contributed by atoms with Gasteiger partial charge in [0.25, 0.3) is 0 Å². The molecule has 0 radical (unpaired) electrons. The van der Waals surface area contributed by atoms with Gasteiger partial charge in [-0.15, -0.1) is 10.2 Å². The van der Waals surface area contributed by atoms with Crippen LogP contribution in [0.5, 0.6) is 0 Å². The van der Waals surface area contributed by atoms with E-state index in [1.54, 1.807) is 11.3 Å². The molecule has 2 fully saturated rings. The number of aryl methyl sites for hydroxylation is 1. The van der Waals surface area contributed by atoms with Gasteiger partial charge in [-0.25, -0.2) is 0 Å². The third kappa shape index (κ3) is 2.81. The Morgan fingerprint density at radius 1 is 1.28 bits per heavy atom. The maximum Gasteiger partial charge on any atom is 0.208 e. The second-order valence-electron chi connectivity index (χ2n) is 5.12. The van der Waals surface area contributed by atoms with Crippen LogP contribution in [0.4, 0.5) is 5.13 Å². The van der Waals surface area contributed by atoms with E-state index >= 15 is 0 Å². The van der Waals surface area contributed by atoms with Crippen molar-refractivity contribution >= 4 is 16.5 Å². The van der Waals surface area contributed by atoms with E-state index in [-0.39, 0.29) is 0 Å². The summed E-state index contributed by atoms with van der Waals surface area (Å²) in [7, 11) is 0. The van der Waals surface area contributed by atoms with Crippen molar-refractivity contribution in [3.8, 4) is 0 Å². The van der Waals surface area contributed by atoms with Crippen LogP contribution in [0.1, 0.15) is 11.4 Å². The van der Waals surface area contributed by atoms with Gasteiger partial charge in [0, 0.05) is 32.7 Å². The van der Waals surface area contributed by atoms with E-state index in [9.17, 15) is 0 Å². The van der Waals surface area contributed by atoms with E-state index in [2.05, 4.69) is 20.0 Å². The van der Waals surface area contributed by atoms with Crippen molar-refractivity contribution in [1.29, 1.82) is 0 Å². The van der Waals surface area contributed by atoms with Crippen LogP contribution in [0.15, 0.2) is 0 Å². The van der Waals surface area contributed by atoms with Crippen molar-refractivity contribution in [1.82, 2.24) is 15.1 Å². The zero-order chi connectivity index (χ0) is 12.4. The van der Waals surface area contributed by atoms with Gasteiger partial charge in [-0.1, -0.05) is 11.3 Å². The highest BCUT2D eigenvalue weighted by atomic mass is 32.1. The van der Waals surface area contributed by atoms with Crippen LogP contribution in [0.2, 0.25) is 0 Å². The molecule has 18 heavy (non-hydrogen) atoms. The molecule has 3 rings (SSSR count). The maximum atomic E-state index is 5.39. The second kappa shape index (κ2) is 5.50. The third-order valence-electron chi connectivity index (χ3n) is 3.69. The average Bonchev–Trinajstić information content (AvgIpc) is 2.99. The summed E-state index contributed by atoms with van der Waals surface area (Å²) in [5.41, 5.74) is 0. The van der Waals surface area contributed by atoms with E-state index in [1.165, 1.54) is 13.0 Å². The van der Waals surface area contributed by atoms with Gasteiger partial charge in [0.2, 0.25) is 5.13 Å². The summed E-state index contributed by atoms with van der Waals surface area (Å²) in [4.78, 5) is 4.92. The number of rotatable bonds is 3. The Kier molecular flexibility index (Phi) is 3.77. The minimum Gasteiger partial charge on any atom is -0.379 e. The molecular formula is C12H20N4OS. The molecule has 0 bridgehead atoms. The van der Waals surface area contributed by atoms with Crippen LogP contribution in [-0.2, 0) is 4.74 Å². The van der Waals surface area contributed by atoms with Gasteiger partial charge < -0.3 is 9.64 Å². The highest BCUT2D eigenvalue weighted by molar-refractivity contribution is 7.15. The summed E-state index contributed by atoms with van der Waals surface area (Å²) < 4.78 is 5.39. The molecule has 2 aliphatic rings. The fourth-order valence-electron chi connectivity index (χ4n) is 2.72. The van der Waals surface area contributed by atoms with Crippen LogP contribution in [0.3, 0.4) is 0 Å². The first-order chi connectivity index (χ1) is 8.81. The molecule has 5 nitrogen and oxygen atoms in total. The Morgan fingerprint density at radius 2 is 2.11 bits per heavy atom. The van der Waals surface area contributed by atoms with Gasteiger partial charge in [-0.3, -0.25) is 4.90 Å². The molecular weight excluding hydrogens is 248 g/mol. The lowest BCUT2D eigenvalue weighted by molar-refractivity contribution is 0.0320. The Hall–Kier alpha value is -0.720. The normalized spacial score (nSPS) is 25.8. The maximum absolute atomic E-state index is 5.39. The molecule has 1 aromatic heterocycles. The minimum absolute atomic E-state index is 0.771. The van der Waals surface area contributed by atoms with Crippen LogP contribution < -0.4 is 4.90 Å². The monoisotopic (exact) mass is 268 g/mol. The Morgan fingerprint density at radius 3 is 2.83 bits per heavy atom. The first-order valence-corrected chi connectivity index (χ1v) is 7.48. The van der Waals surface area contributed by atoms with Crippen molar-refractivity contribution < 1.29 is 4.74 Å². The molecule has 0 aromatic carbocycles. The molecule has 2 aliphatic heterocycles. The fourth-order valence-corrected chi connectivity index (χ4v) is 3.44. The Labute approximate surface area is 112 Å². The minimum atomic E-state index is 0.771. The van der Waals surface area contributed by atoms with Crippen LogP contribution in [0.25, 0.3) is 0 Å². The molecule has 0 spiro atoms. The molecule has 0 saturated carbocycles. The van der Waals surface area contributed by atoms with Gasteiger partial charge in [0.1, 0.15) is 5.01 Å². The molecule has 100 valence electrons. The van der Waals surface area contributed by atoms with E-state index in [0.29, 0.717) is 0 Å². The summed E-state index contributed by atoms with van der Waals surface area (Å²) >= 11 is 1.70. The highest BCUT2D eigenvalue weighted by Crippen LogP contribution is 2.26. The standard InChI is InChI=1S/C12H20N4OS/c1-10-13-14-12(18-10)16-3-2-11(9-16)8-15-4-6-17-7-5-15/h11H,2-9H2,1H3. The summed E-state index contributed by atoms with van der Waals surface area (Å²) in [6.07, 6.45) is 1.27. The fraction of sp³-hybridized carbons (Fsp3) is 0.833. The smallest absolute Gasteiger partial charge is 0.208 e. The Bertz CT molecular complexity index is 391. The molecule has 2 saturated heterocycles. The highest BCUT2D eigenvalue weighted by Gasteiger charge is 2.26. The SMILES string of the molecule is Cc1nnc(N2CCC(CN3CCOCC3)C2)s1. The van der Waals surface area contributed by atoms with Crippen LogP contribution in [-0.4, -0.2) is 61.0 Å². The van der Waals surface area contributed by atoms with E-state index in [4.69, 9.17) is 4.74 Å². The predicted molar refractivity (Wildman–Crippen MR) is 72.2 cm³/mol. The van der Waals surface area contributed by atoms with Gasteiger partial charge in [-0.05, 0) is 19.3 Å². The average molecular weight is 268 g/mol. The zero-order valence-corrected chi connectivity index (χ0v) is 11.7. The predicted octanol–water partition coefficient (Wildman–Crippen LogP) is 1.01. The number of aromatic nitrogens is 2. The van der Waals surface area contributed by atoms with Gasteiger partial charge >= 0.3 is 0 Å². The molecule has 1 unspecified atom stereocenters. The number of morpholine rings is 1. The molecule has 6 heteroatoms.